The van der Waals surface area contributed by atoms with Crippen LogP contribution in [-0.2, 0) is 4.79 Å². The lowest BCUT2D eigenvalue weighted by molar-refractivity contribution is -0.116. The third-order valence-electron chi connectivity index (χ3n) is 2.80. The highest BCUT2D eigenvalue weighted by Crippen LogP contribution is 2.13. The van der Waals surface area contributed by atoms with Crippen molar-refractivity contribution in [2.24, 2.45) is 0 Å². The molecule has 1 amide bonds. The number of halogens is 2. The van der Waals surface area contributed by atoms with Gasteiger partial charge in [-0.3, -0.25) is 4.79 Å². The number of carbonyl (C=O) groups is 1. The van der Waals surface area contributed by atoms with Gasteiger partial charge in [0.05, 0.1) is 6.10 Å². The van der Waals surface area contributed by atoms with Crippen molar-refractivity contribution in [3.8, 4) is 0 Å². The van der Waals surface area contributed by atoms with Gasteiger partial charge in [-0.1, -0.05) is 0 Å². The van der Waals surface area contributed by atoms with Gasteiger partial charge in [0.15, 0.2) is 0 Å². The van der Waals surface area contributed by atoms with Crippen molar-refractivity contribution in [1.29, 1.82) is 0 Å². The lowest BCUT2D eigenvalue weighted by Crippen LogP contribution is -2.26. The number of benzene rings is 1. The predicted molar refractivity (Wildman–Crippen MR) is 73.4 cm³/mol. The van der Waals surface area contributed by atoms with E-state index in [-0.39, 0.29) is 24.1 Å². The molecule has 0 aromatic heterocycles. The molecule has 6 heteroatoms. The second-order valence-corrected chi connectivity index (χ2v) is 4.90. The molecule has 0 spiro atoms. The van der Waals surface area contributed by atoms with Crippen molar-refractivity contribution in [1.82, 2.24) is 4.90 Å². The summed E-state index contributed by atoms with van der Waals surface area (Å²) in [4.78, 5) is 13.6. The summed E-state index contributed by atoms with van der Waals surface area (Å²) < 4.78 is 25.9. The number of nitrogens with zero attached hydrogens (tertiary/aromatic N) is 1. The maximum atomic E-state index is 12.9. The van der Waals surface area contributed by atoms with Crippen molar-refractivity contribution in [3.05, 3.63) is 29.8 Å². The molecule has 1 atom stereocenters. The summed E-state index contributed by atoms with van der Waals surface area (Å²) >= 11 is 0. The van der Waals surface area contributed by atoms with Gasteiger partial charge < -0.3 is 15.3 Å². The highest BCUT2D eigenvalue weighted by Gasteiger charge is 2.08. The van der Waals surface area contributed by atoms with E-state index in [1.54, 1.807) is 6.92 Å². The Bertz CT molecular complexity index is 433. The second-order valence-electron chi connectivity index (χ2n) is 4.90. The molecule has 0 heterocycles. The Morgan fingerprint density at radius 1 is 1.30 bits per heavy atom. The molecular weight excluding hydrogens is 266 g/mol. The summed E-state index contributed by atoms with van der Waals surface area (Å²) in [5.41, 5.74) is 0.110. The zero-order valence-corrected chi connectivity index (χ0v) is 11.7. The number of aliphatic hydroxyl groups is 1. The molecule has 0 aliphatic carbocycles. The Labute approximate surface area is 117 Å². The molecule has 4 nitrogen and oxygen atoms in total. The van der Waals surface area contributed by atoms with Crippen molar-refractivity contribution in [2.45, 2.75) is 25.9 Å². The summed E-state index contributed by atoms with van der Waals surface area (Å²) in [6, 6.07) is 2.88. The van der Waals surface area contributed by atoms with Gasteiger partial charge in [-0.15, -0.1) is 0 Å². The Morgan fingerprint density at radius 2 is 1.90 bits per heavy atom. The van der Waals surface area contributed by atoms with E-state index in [0.29, 0.717) is 19.5 Å². The van der Waals surface area contributed by atoms with Crippen LogP contribution in [-0.4, -0.2) is 42.2 Å². The van der Waals surface area contributed by atoms with Crippen LogP contribution < -0.4 is 5.32 Å². The quantitative estimate of drug-likeness (QED) is 0.806. The van der Waals surface area contributed by atoms with E-state index in [0.717, 1.165) is 18.2 Å². The van der Waals surface area contributed by atoms with Gasteiger partial charge in [0.25, 0.3) is 0 Å². The molecule has 0 aliphatic heterocycles. The summed E-state index contributed by atoms with van der Waals surface area (Å²) in [7, 11) is 1.84. The van der Waals surface area contributed by atoms with Crippen LogP contribution in [0.15, 0.2) is 18.2 Å². The number of hydrogen-bond donors (Lipinski definition) is 2. The van der Waals surface area contributed by atoms with E-state index >= 15 is 0 Å². The molecule has 1 unspecified atom stereocenters. The number of amides is 1. The van der Waals surface area contributed by atoms with Gasteiger partial charge in [0.2, 0.25) is 5.91 Å². The molecule has 1 aromatic carbocycles. The number of rotatable bonds is 7. The molecule has 20 heavy (non-hydrogen) atoms. The third-order valence-corrected chi connectivity index (χ3v) is 2.80. The maximum absolute atomic E-state index is 12.9. The zero-order valence-electron chi connectivity index (χ0n) is 11.7. The van der Waals surface area contributed by atoms with Crippen LogP contribution >= 0.6 is 0 Å². The number of nitrogens with one attached hydrogen (secondary N) is 1. The molecule has 0 fully saturated rings. The van der Waals surface area contributed by atoms with Gasteiger partial charge in [0.1, 0.15) is 11.6 Å². The first-order valence-electron chi connectivity index (χ1n) is 6.49. The SMILES string of the molecule is CC(O)CCN(C)CCC(=O)Nc1cc(F)cc(F)c1. The van der Waals surface area contributed by atoms with Crippen LogP contribution in [0.25, 0.3) is 0 Å². The number of hydrogen-bond acceptors (Lipinski definition) is 3. The molecule has 0 aliphatic rings. The number of aliphatic hydroxyl groups excluding tert-OH is 1. The molecule has 0 saturated carbocycles. The predicted octanol–water partition coefficient (Wildman–Crippen LogP) is 2.00. The van der Waals surface area contributed by atoms with Crippen molar-refractivity contribution in [3.63, 3.8) is 0 Å². The lowest BCUT2D eigenvalue weighted by Gasteiger charge is -2.17. The summed E-state index contributed by atoms with van der Waals surface area (Å²) in [6.45, 7) is 2.90. The lowest BCUT2D eigenvalue weighted by atomic mass is 10.2. The number of anilines is 1. The van der Waals surface area contributed by atoms with Crippen LogP contribution in [0.1, 0.15) is 19.8 Å². The van der Waals surface area contributed by atoms with E-state index in [4.69, 9.17) is 5.11 Å². The van der Waals surface area contributed by atoms with Gasteiger partial charge in [0, 0.05) is 31.3 Å². The minimum atomic E-state index is -0.727. The molecular formula is C14H20F2N2O2. The Kier molecular flexibility index (Phi) is 6.54. The van der Waals surface area contributed by atoms with Crippen LogP contribution in [0, 0.1) is 11.6 Å². The fraction of sp³-hybridized carbons (Fsp3) is 0.500. The topological polar surface area (TPSA) is 52.6 Å². The summed E-state index contributed by atoms with van der Waals surface area (Å²) in [5.74, 6) is -1.76. The third kappa shape index (κ3) is 6.58. The highest BCUT2D eigenvalue weighted by atomic mass is 19.1. The summed E-state index contributed by atoms with van der Waals surface area (Å²) in [6.07, 6.45) is 0.475. The van der Waals surface area contributed by atoms with Crippen LogP contribution in [0.2, 0.25) is 0 Å². The van der Waals surface area contributed by atoms with Gasteiger partial charge in [-0.2, -0.15) is 0 Å². The molecule has 1 aromatic rings. The molecule has 0 radical (unpaired) electrons. The maximum Gasteiger partial charge on any atom is 0.225 e. The van der Waals surface area contributed by atoms with E-state index in [2.05, 4.69) is 5.32 Å². The summed E-state index contributed by atoms with van der Waals surface area (Å²) in [5, 5.41) is 11.6. The largest absolute Gasteiger partial charge is 0.393 e. The second kappa shape index (κ2) is 7.91. The molecule has 0 bridgehead atoms. The van der Waals surface area contributed by atoms with Crippen LogP contribution in [0.3, 0.4) is 0 Å². The first kappa shape index (κ1) is 16.5. The molecule has 0 saturated heterocycles. The van der Waals surface area contributed by atoms with Crippen molar-refractivity contribution < 1.29 is 18.7 Å². The van der Waals surface area contributed by atoms with Gasteiger partial charge in [-0.05, 0) is 32.5 Å². The Balaban J connectivity index is 2.36. The first-order valence-corrected chi connectivity index (χ1v) is 6.49. The highest BCUT2D eigenvalue weighted by molar-refractivity contribution is 5.90. The van der Waals surface area contributed by atoms with Gasteiger partial charge >= 0.3 is 0 Å². The van der Waals surface area contributed by atoms with E-state index in [1.165, 1.54) is 0 Å². The average molecular weight is 286 g/mol. The van der Waals surface area contributed by atoms with E-state index in [9.17, 15) is 13.6 Å². The Hall–Kier alpha value is -1.53. The minimum absolute atomic E-state index is 0.110. The van der Waals surface area contributed by atoms with Crippen molar-refractivity contribution >= 4 is 11.6 Å². The molecule has 1 rings (SSSR count). The first-order chi connectivity index (χ1) is 9.36. The molecule has 112 valence electrons. The van der Waals surface area contributed by atoms with Crippen LogP contribution in [0.5, 0.6) is 0 Å². The van der Waals surface area contributed by atoms with E-state index in [1.807, 2.05) is 11.9 Å². The molecule has 2 N–H and O–H groups in total. The van der Waals surface area contributed by atoms with Crippen molar-refractivity contribution in [2.75, 3.05) is 25.5 Å². The fourth-order valence-corrected chi connectivity index (χ4v) is 1.66. The fourth-order valence-electron chi connectivity index (χ4n) is 1.66. The Morgan fingerprint density at radius 3 is 2.45 bits per heavy atom. The normalized spacial score (nSPS) is 12.5. The van der Waals surface area contributed by atoms with Gasteiger partial charge in [-0.25, -0.2) is 8.78 Å². The number of carbonyl (C=O) groups excluding carboxylic acids is 1. The standard InChI is InChI=1S/C14H20F2N2O2/c1-10(19)3-5-18(2)6-4-14(20)17-13-8-11(15)7-12(16)9-13/h7-10,19H,3-6H2,1-2H3,(H,17,20). The van der Waals surface area contributed by atoms with Crippen LogP contribution in [0.4, 0.5) is 14.5 Å². The smallest absolute Gasteiger partial charge is 0.225 e. The van der Waals surface area contributed by atoms with E-state index < -0.39 is 11.6 Å². The average Bonchev–Trinajstić information content (AvgIpc) is 2.32. The monoisotopic (exact) mass is 286 g/mol. The minimum Gasteiger partial charge on any atom is -0.393 e. The zero-order chi connectivity index (χ0) is 15.1.